The van der Waals surface area contributed by atoms with Crippen molar-refractivity contribution in [1.82, 2.24) is 14.5 Å². The largest absolute Gasteiger partial charge is 0.390 e. The number of aromatic nitrogens is 2. The summed E-state index contributed by atoms with van der Waals surface area (Å²) in [4.78, 5) is 11.9. The van der Waals surface area contributed by atoms with Gasteiger partial charge in [0.15, 0.2) is 0 Å². The summed E-state index contributed by atoms with van der Waals surface area (Å²) in [6.07, 6.45) is 7.77. The predicted octanol–water partition coefficient (Wildman–Crippen LogP) is 0.0976. The zero-order valence-corrected chi connectivity index (χ0v) is 9.88. The molecule has 1 aromatic heterocycles. The van der Waals surface area contributed by atoms with E-state index < -0.39 is 6.10 Å². The highest BCUT2D eigenvalue weighted by Gasteiger charge is 2.26. The number of nitrogens with one attached hydrogen (secondary N) is 1. The molecule has 0 aromatic carbocycles. The first-order valence-electron chi connectivity index (χ1n) is 6.43. The van der Waals surface area contributed by atoms with Crippen LogP contribution in [-0.4, -0.2) is 32.9 Å². The fourth-order valence-electron chi connectivity index (χ4n) is 2.08. The van der Waals surface area contributed by atoms with E-state index in [9.17, 15) is 9.90 Å². The number of nitrogens with zero attached hydrogens (tertiary/aromatic N) is 2. The molecule has 0 aliphatic heterocycles. The first kappa shape index (κ1) is 11.0. The smallest absolute Gasteiger partial charge is 0.328 e. The highest BCUT2D eigenvalue weighted by molar-refractivity contribution is 4.92. The van der Waals surface area contributed by atoms with Crippen LogP contribution in [0.4, 0.5) is 0 Å². The lowest BCUT2D eigenvalue weighted by Gasteiger charge is -2.11. The van der Waals surface area contributed by atoms with Crippen LogP contribution in [-0.2, 0) is 6.54 Å². The summed E-state index contributed by atoms with van der Waals surface area (Å²) < 4.78 is 3.39. The molecule has 2 aliphatic rings. The van der Waals surface area contributed by atoms with E-state index in [1.165, 1.54) is 12.8 Å². The van der Waals surface area contributed by atoms with Crippen LogP contribution in [0.3, 0.4) is 0 Å². The summed E-state index contributed by atoms with van der Waals surface area (Å²) >= 11 is 0. The topological polar surface area (TPSA) is 59.2 Å². The molecule has 1 heterocycles. The summed E-state index contributed by atoms with van der Waals surface area (Å²) in [5, 5.41) is 13.1. The van der Waals surface area contributed by atoms with Gasteiger partial charge in [-0.05, 0) is 25.7 Å². The molecular formula is C12H19N3O2. The Morgan fingerprint density at radius 3 is 2.76 bits per heavy atom. The fourth-order valence-corrected chi connectivity index (χ4v) is 2.08. The molecule has 5 nitrogen and oxygen atoms in total. The van der Waals surface area contributed by atoms with Gasteiger partial charge in [0.25, 0.3) is 0 Å². The number of imidazole rings is 1. The van der Waals surface area contributed by atoms with Gasteiger partial charge in [-0.2, -0.15) is 0 Å². The second kappa shape index (κ2) is 4.31. The van der Waals surface area contributed by atoms with E-state index in [1.807, 2.05) is 6.20 Å². The maximum Gasteiger partial charge on any atom is 0.328 e. The van der Waals surface area contributed by atoms with Crippen molar-refractivity contribution in [3.05, 3.63) is 22.9 Å². The predicted molar refractivity (Wildman–Crippen MR) is 64.0 cm³/mol. The fraction of sp³-hybridized carbons (Fsp3) is 0.750. The molecule has 5 heteroatoms. The van der Waals surface area contributed by atoms with E-state index in [1.54, 1.807) is 15.3 Å². The van der Waals surface area contributed by atoms with E-state index in [-0.39, 0.29) is 5.69 Å². The van der Waals surface area contributed by atoms with Gasteiger partial charge in [0.1, 0.15) is 0 Å². The molecular weight excluding hydrogens is 218 g/mol. The van der Waals surface area contributed by atoms with E-state index >= 15 is 0 Å². The van der Waals surface area contributed by atoms with Crippen LogP contribution in [0.15, 0.2) is 17.2 Å². The first-order chi connectivity index (χ1) is 8.24. The molecule has 1 atom stereocenters. The van der Waals surface area contributed by atoms with Crippen LogP contribution in [0.2, 0.25) is 0 Å². The molecule has 1 aromatic rings. The van der Waals surface area contributed by atoms with Crippen molar-refractivity contribution < 1.29 is 5.11 Å². The van der Waals surface area contributed by atoms with Crippen molar-refractivity contribution in [3.63, 3.8) is 0 Å². The summed E-state index contributed by atoms with van der Waals surface area (Å²) in [6.45, 7) is 0.962. The molecule has 0 radical (unpaired) electrons. The SMILES string of the molecule is O=c1n(CC(O)CNC2CC2)ccn1C1CC1. The van der Waals surface area contributed by atoms with Crippen LogP contribution < -0.4 is 11.0 Å². The van der Waals surface area contributed by atoms with Gasteiger partial charge >= 0.3 is 5.69 Å². The van der Waals surface area contributed by atoms with Crippen molar-refractivity contribution in [1.29, 1.82) is 0 Å². The number of hydrogen-bond acceptors (Lipinski definition) is 3. The number of aliphatic hydroxyl groups excluding tert-OH is 1. The summed E-state index contributed by atoms with van der Waals surface area (Å²) in [5.41, 5.74) is 0.0120. The van der Waals surface area contributed by atoms with Crippen molar-refractivity contribution in [2.75, 3.05) is 6.54 Å². The van der Waals surface area contributed by atoms with E-state index in [2.05, 4.69) is 5.32 Å². The average Bonchev–Trinajstić information content (AvgIpc) is 3.20. The number of rotatable bonds is 6. The Morgan fingerprint density at radius 2 is 2.12 bits per heavy atom. The van der Waals surface area contributed by atoms with Crippen molar-refractivity contribution in [2.24, 2.45) is 0 Å². The minimum Gasteiger partial charge on any atom is -0.390 e. The average molecular weight is 237 g/mol. The van der Waals surface area contributed by atoms with Crippen LogP contribution in [0.1, 0.15) is 31.7 Å². The summed E-state index contributed by atoms with van der Waals surface area (Å²) in [6, 6.07) is 1.00. The highest BCUT2D eigenvalue weighted by atomic mass is 16.3. The minimum absolute atomic E-state index is 0.0120. The van der Waals surface area contributed by atoms with Crippen LogP contribution in [0.5, 0.6) is 0 Å². The van der Waals surface area contributed by atoms with Crippen LogP contribution in [0, 0.1) is 0 Å². The third kappa shape index (κ3) is 2.61. The molecule has 2 aliphatic carbocycles. The second-order valence-electron chi connectivity index (χ2n) is 5.21. The van der Waals surface area contributed by atoms with Crippen molar-refractivity contribution in [3.8, 4) is 0 Å². The van der Waals surface area contributed by atoms with Crippen molar-refractivity contribution in [2.45, 2.75) is 50.4 Å². The quantitative estimate of drug-likeness (QED) is 0.737. The summed E-state index contributed by atoms with van der Waals surface area (Å²) in [7, 11) is 0. The van der Waals surface area contributed by atoms with E-state index in [4.69, 9.17) is 0 Å². The van der Waals surface area contributed by atoms with Gasteiger partial charge in [0, 0.05) is 31.0 Å². The molecule has 2 N–H and O–H groups in total. The van der Waals surface area contributed by atoms with Gasteiger partial charge in [-0.25, -0.2) is 4.79 Å². The third-order valence-electron chi connectivity index (χ3n) is 3.44. The molecule has 1 unspecified atom stereocenters. The Hall–Kier alpha value is -1.07. The zero-order chi connectivity index (χ0) is 11.8. The molecule has 2 fully saturated rings. The molecule has 3 rings (SSSR count). The van der Waals surface area contributed by atoms with Gasteiger partial charge < -0.3 is 10.4 Å². The lowest BCUT2D eigenvalue weighted by Crippen LogP contribution is -2.35. The molecule has 0 spiro atoms. The van der Waals surface area contributed by atoms with Gasteiger partial charge in [-0.1, -0.05) is 0 Å². The molecule has 94 valence electrons. The van der Waals surface area contributed by atoms with Gasteiger partial charge in [-0.15, -0.1) is 0 Å². The molecule has 2 saturated carbocycles. The molecule has 0 saturated heterocycles. The van der Waals surface area contributed by atoms with Gasteiger partial charge in [-0.3, -0.25) is 9.13 Å². The van der Waals surface area contributed by atoms with E-state index in [0.717, 1.165) is 12.8 Å². The standard InChI is InChI=1S/C12H19N3O2/c16-11(7-13-9-1-2-9)8-14-5-6-15(12(14)17)10-3-4-10/h5-6,9-11,13,16H,1-4,7-8H2. The Morgan fingerprint density at radius 1 is 1.35 bits per heavy atom. The monoisotopic (exact) mass is 237 g/mol. The second-order valence-corrected chi connectivity index (χ2v) is 5.21. The van der Waals surface area contributed by atoms with Gasteiger partial charge in [0.05, 0.1) is 12.6 Å². The maximum atomic E-state index is 11.9. The van der Waals surface area contributed by atoms with E-state index in [0.29, 0.717) is 25.2 Å². The lowest BCUT2D eigenvalue weighted by molar-refractivity contribution is 0.149. The van der Waals surface area contributed by atoms with Gasteiger partial charge in [0.2, 0.25) is 0 Å². The zero-order valence-electron chi connectivity index (χ0n) is 9.88. The summed E-state index contributed by atoms with van der Waals surface area (Å²) in [5.74, 6) is 0. The Labute approximate surface area is 100 Å². The molecule has 0 bridgehead atoms. The lowest BCUT2D eigenvalue weighted by atomic mass is 10.3. The Balaban J connectivity index is 1.57. The molecule has 0 amide bonds. The maximum absolute atomic E-state index is 11.9. The Bertz CT molecular complexity index is 443. The molecule has 17 heavy (non-hydrogen) atoms. The van der Waals surface area contributed by atoms with Crippen molar-refractivity contribution >= 4 is 0 Å². The van der Waals surface area contributed by atoms with Crippen LogP contribution in [0.25, 0.3) is 0 Å². The number of aliphatic hydroxyl groups is 1. The third-order valence-corrected chi connectivity index (χ3v) is 3.44. The van der Waals surface area contributed by atoms with Crippen LogP contribution >= 0.6 is 0 Å². The normalized spacial score (nSPS) is 21.7. The Kier molecular flexibility index (Phi) is 2.80. The number of hydrogen-bond donors (Lipinski definition) is 2. The first-order valence-corrected chi connectivity index (χ1v) is 6.43. The highest BCUT2D eigenvalue weighted by Crippen LogP contribution is 2.33. The minimum atomic E-state index is -0.483.